The van der Waals surface area contributed by atoms with Gasteiger partial charge in [-0.05, 0) is 37.8 Å². The molecule has 1 aliphatic rings. The molecule has 1 aromatic rings. The average Bonchev–Trinajstić information content (AvgIpc) is 2.23. The first kappa shape index (κ1) is 13.6. The fraction of sp³-hybridized carbons (Fsp3) is 0.647. The van der Waals surface area contributed by atoms with Crippen molar-refractivity contribution in [3.63, 3.8) is 0 Å². The second kappa shape index (κ2) is 4.38. The summed E-state index contributed by atoms with van der Waals surface area (Å²) in [6.45, 7) is 16.3. The first-order valence-electron chi connectivity index (χ1n) is 7.08. The Labute approximate surface area is 112 Å². The number of benzene rings is 1. The van der Waals surface area contributed by atoms with Gasteiger partial charge in [0.1, 0.15) is 0 Å². The molecule has 0 aromatic heterocycles. The highest BCUT2D eigenvalue weighted by Gasteiger charge is 2.45. The second-order valence-electron chi connectivity index (χ2n) is 7.33. The minimum Gasteiger partial charge on any atom is -0.297 e. The van der Waals surface area contributed by atoms with Crippen LogP contribution in [0.5, 0.6) is 0 Å². The maximum Gasteiger partial charge on any atom is 0.0182 e. The van der Waals surface area contributed by atoms with Crippen LogP contribution in [0.3, 0.4) is 0 Å². The molecule has 1 heteroatoms. The molecule has 1 heterocycles. The number of rotatable bonds is 2. The Bertz CT molecular complexity index is 419. The van der Waals surface area contributed by atoms with E-state index in [1.807, 2.05) is 0 Å². The number of hydrogen-bond acceptors (Lipinski definition) is 1. The lowest BCUT2D eigenvalue weighted by Gasteiger charge is -2.55. The van der Waals surface area contributed by atoms with Crippen LogP contribution in [0.2, 0.25) is 0 Å². The molecule has 1 fully saturated rings. The number of hydrogen-bond donors (Lipinski definition) is 0. The third kappa shape index (κ3) is 2.33. The van der Waals surface area contributed by atoms with Gasteiger partial charge in [-0.25, -0.2) is 0 Å². The molecule has 0 bridgehead atoms. The molecular formula is C17H27N. The van der Waals surface area contributed by atoms with Gasteiger partial charge >= 0.3 is 0 Å². The van der Waals surface area contributed by atoms with Crippen LogP contribution in [0.4, 0.5) is 0 Å². The molecule has 18 heavy (non-hydrogen) atoms. The molecule has 1 saturated heterocycles. The second-order valence-corrected chi connectivity index (χ2v) is 7.33. The summed E-state index contributed by atoms with van der Waals surface area (Å²) in [5, 5.41) is 0. The highest BCUT2D eigenvalue weighted by atomic mass is 15.3. The maximum absolute atomic E-state index is 2.57. The Morgan fingerprint density at radius 2 is 1.67 bits per heavy atom. The van der Waals surface area contributed by atoms with Crippen molar-refractivity contribution in [3.8, 4) is 0 Å². The van der Waals surface area contributed by atoms with Crippen LogP contribution >= 0.6 is 0 Å². The summed E-state index contributed by atoms with van der Waals surface area (Å²) in [6, 6.07) is 8.98. The summed E-state index contributed by atoms with van der Waals surface area (Å²) in [6.07, 6.45) is 0. The Morgan fingerprint density at radius 1 is 1.11 bits per heavy atom. The van der Waals surface area contributed by atoms with Crippen molar-refractivity contribution in [2.75, 3.05) is 13.1 Å². The van der Waals surface area contributed by atoms with Crippen LogP contribution in [-0.2, 0) is 5.41 Å². The van der Waals surface area contributed by atoms with Crippen LogP contribution in [0, 0.1) is 0 Å². The Balaban J connectivity index is 2.24. The van der Waals surface area contributed by atoms with Gasteiger partial charge in [0.05, 0.1) is 0 Å². The summed E-state index contributed by atoms with van der Waals surface area (Å²) in [7, 11) is 0. The molecule has 1 nitrogen and oxygen atoms in total. The minimum absolute atomic E-state index is 0.298. The van der Waals surface area contributed by atoms with E-state index >= 15 is 0 Å². The van der Waals surface area contributed by atoms with Gasteiger partial charge in [-0.15, -0.1) is 0 Å². The van der Waals surface area contributed by atoms with E-state index in [4.69, 9.17) is 0 Å². The Kier molecular flexibility index (Phi) is 3.31. The van der Waals surface area contributed by atoms with E-state index in [0.717, 1.165) is 0 Å². The summed E-state index contributed by atoms with van der Waals surface area (Å²) in [5.41, 5.74) is 3.72. The number of likely N-dealkylation sites (tertiary alicyclic amines) is 1. The lowest BCUT2D eigenvalue weighted by Crippen LogP contribution is -2.63. The third-order valence-corrected chi connectivity index (χ3v) is 4.26. The summed E-state index contributed by atoms with van der Waals surface area (Å²) >= 11 is 0. The highest BCUT2D eigenvalue weighted by molar-refractivity contribution is 5.38. The van der Waals surface area contributed by atoms with Crippen molar-refractivity contribution in [3.05, 3.63) is 35.4 Å². The fourth-order valence-electron chi connectivity index (χ4n) is 2.99. The maximum atomic E-state index is 2.57. The highest BCUT2D eigenvalue weighted by Crippen LogP contribution is 2.40. The van der Waals surface area contributed by atoms with E-state index in [1.54, 1.807) is 5.56 Å². The van der Waals surface area contributed by atoms with Crippen molar-refractivity contribution in [2.45, 2.75) is 58.4 Å². The minimum atomic E-state index is 0.298. The predicted molar refractivity (Wildman–Crippen MR) is 79.2 cm³/mol. The standard InChI is InChI=1S/C17H27N/c1-13(2)14-9-7-8-10-15(14)17(6)11-18(12-17)16(3,4)5/h7-10,13H,11-12H2,1-6H3. The van der Waals surface area contributed by atoms with E-state index in [-0.39, 0.29) is 0 Å². The first-order valence-corrected chi connectivity index (χ1v) is 7.08. The molecule has 0 aliphatic carbocycles. The molecular weight excluding hydrogens is 218 g/mol. The van der Waals surface area contributed by atoms with Crippen LogP contribution < -0.4 is 0 Å². The van der Waals surface area contributed by atoms with Crippen LogP contribution in [0.15, 0.2) is 24.3 Å². The molecule has 0 atom stereocenters. The van der Waals surface area contributed by atoms with E-state index in [0.29, 0.717) is 16.9 Å². The summed E-state index contributed by atoms with van der Waals surface area (Å²) < 4.78 is 0. The zero-order valence-corrected chi connectivity index (χ0v) is 12.7. The van der Waals surface area contributed by atoms with Gasteiger partial charge in [-0.1, -0.05) is 45.0 Å². The lowest BCUT2D eigenvalue weighted by atomic mass is 9.70. The van der Waals surface area contributed by atoms with Gasteiger partial charge in [0, 0.05) is 24.0 Å². The molecule has 0 unspecified atom stereocenters. The van der Waals surface area contributed by atoms with E-state index in [1.165, 1.54) is 18.7 Å². The number of nitrogens with zero attached hydrogens (tertiary/aromatic N) is 1. The van der Waals surface area contributed by atoms with Gasteiger partial charge in [0.15, 0.2) is 0 Å². The van der Waals surface area contributed by atoms with Crippen LogP contribution in [-0.4, -0.2) is 23.5 Å². The van der Waals surface area contributed by atoms with E-state index in [2.05, 4.69) is 70.7 Å². The quantitative estimate of drug-likeness (QED) is 0.755. The SMILES string of the molecule is CC(C)c1ccccc1C1(C)CN(C(C)(C)C)C1. The molecule has 0 spiro atoms. The van der Waals surface area contributed by atoms with Gasteiger partial charge in [0.25, 0.3) is 0 Å². The van der Waals surface area contributed by atoms with E-state index in [9.17, 15) is 0 Å². The Morgan fingerprint density at radius 3 is 2.17 bits per heavy atom. The molecule has 0 radical (unpaired) electrons. The van der Waals surface area contributed by atoms with Crippen molar-refractivity contribution >= 4 is 0 Å². The normalized spacial score (nSPS) is 19.9. The third-order valence-electron chi connectivity index (χ3n) is 4.26. The summed E-state index contributed by atoms with van der Waals surface area (Å²) in [4.78, 5) is 2.57. The predicted octanol–water partition coefficient (Wildman–Crippen LogP) is 4.18. The molecule has 0 amide bonds. The molecule has 2 rings (SSSR count). The van der Waals surface area contributed by atoms with Crippen molar-refractivity contribution in [1.82, 2.24) is 4.90 Å². The molecule has 0 saturated carbocycles. The molecule has 0 N–H and O–H groups in total. The van der Waals surface area contributed by atoms with E-state index < -0.39 is 0 Å². The van der Waals surface area contributed by atoms with Crippen molar-refractivity contribution < 1.29 is 0 Å². The smallest absolute Gasteiger partial charge is 0.0182 e. The first-order chi connectivity index (χ1) is 8.24. The summed E-state index contributed by atoms with van der Waals surface area (Å²) in [5.74, 6) is 0.613. The monoisotopic (exact) mass is 245 g/mol. The van der Waals surface area contributed by atoms with Gasteiger partial charge in [0.2, 0.25) is 0 Å². The van der Waals surface area contributed by atoms with Crippen molar-refractivity contribution in [1.29, 1.82) is 0 Å². The molecule has 1 aromatic carbocycles. The van der Waals surface area contributed by atoms with Crippen LogP contribution in [0.1, 0.15) is 58.6 Å². The zero-order valence-electron chi connectivity index (χ0n) is 12.7. The molecule has 1 aliphatic heterocycles. The van der Waals surface area contributed by atoms with Gasteiger partial charge in [-0.2, -0.15) is 0 Å². The zero-order chi connectivity index (χ0) is 13.6. The Hall–Kier alpha value is -0.820. The molecule has 100 valence electrons. The lowest BCUT2D eigenvalue weighted by molar-refractivity contribution is -0.00217. The topological polar surface area (TPSA) is 3.24 Å². The van der Waals surface area contributed by atoms with Gasteiger partial charge < -0.3 is 0 Å². The fourth-order valence-corrected chi connectivity index (χ4v) is 2.99. The van der Waals surface area contributed by atoms with Crippen LogP contribution in [0.25, 0.3) is 0 Å². The van der Waals surface area contributed by atoms with Gasteiger partial charge in [-0.3, -0.25) is 4.90 Å². The average molecular weight is 245 g/mol. The van der Waals surface area contributed by atoms with Crippen molar-refractivity contribution in [2.24, 2.45) is 0 Å². The largest absolute Gasteiger partial charge is 0.297 e.